The molecule has 1 aliphatic rings. The predicted molar refractivity (Wildman–Crippen MR) is 95.5 cm³/mol. The van der Waals surface area contributed by atoms with Crippen LogP contribution in [0.3, 0.4) is 0 Å². The molecule has 0 radical (unpaired) electrons. The van der Waals surface area contributed by atoms with Gasteiger partial charge in [-0.15, -0.1) is 0 Å². The Morgan fingerprint density at radius 1 is 1.33 bits per heavy atom. The Hall–Kier alpha value is -1.56. The van der Waals surface area contributed by atoms with E-state index in [9.17, 15) is 5.11 Å². The lowest BCUT2D eigenvalue weighted by atomic mass is 9.94. The summed E-state index contributed by atoms with van der Waals surface area (Å²) in [5.74, 6) is 0.790. The van der Waals surface area contributed by atoms with Crippen LogP contribution in [-0.4, -0.2) is 46.6 Å². The third-order valence-corrected chi connectivity index (χ3v) is 4.66. The van der Waals surface area contributed by atoms with Gasteiger partial charge in [-0.3, -0.25) is 0 Å². The van der Waals surface area contributed by atoms with E-state index in [-0.39, 0.29) is 23.9 Å². The molecule has 5 nitrogen and oxygen atoms in total. The van der Waals surface area contributed by atoms with E-state index < -0.39 is 6.10 Å². The summed E-state index contributed by atoms with van der Waals surface area (Å²) >= 11 is 0. The van der Waals surface area contributed by atoms with Crippen molar-refractivity contribution in [3.8, 4) is 5.75 Å². The van der Waals surface area contributed by atoms with Gasteiger partial charge in [0.05, 0.1) is 11.2 Å². The number of hydrogen-bond donors (Lipinski definition) is 3. The standard InChI is InChI=1S/C19H28N2O3/c1-18(2)10-17(19(3,4)24-18)21-11-13(22)12-23-16-7-5-6-15-14(16)8-9-20-15/h5-9,13,17,20-22H,10-12H2,1-4H3. The molecule has 1 aromatic heterocycles. The number of H-pyrrole nitrogens is 1. The Bertz CT molecular complexity index is 693. The number of nitrogens with one attached hydrogen (secondary N) is 2. The number of ether oxygens (including phenoxy) is 2. The zero-order valence-corrected chi connectivity index (χ0v) is 14.9. The van der Waals surface area contributed by atoms with Crippen molar-refractivity contribution in [2.75, 3.05) is 13.2 Å². The first-order valence-electron chi connectivity index (χ1n) is 8.57. The molecule has 2 aromatic rings. The van der Waals surface area contributed by atoms with Crippen molar-refractivity contribution in [3.05, 3.63) is 30.5 Å². The van der Waals surface area contributed by atoms with Crippen LogP contribution in [0, 0.1) is 0 Å². The average molecular weight is 332 g/mol. The van der Waals surface area contributed by atoms with Gasteiger partial charge >= 0.3 is 0 Å². The van der Waals surface area contributed by atoms with Crippen LogP contribution < -0.4 is 10.1 Å². The number of benzene rings is 1. The quantitative estimate of drug-likeness (QED) is 0.761. The number of aliphatic hydroxyl groups is 1. The SMILES string of the molecule is CC1(C)CC(NCC(O)COc2cccc3[nH]ccc23)C(C)(C)O1. The van der Waals surface area contributed by atoms with E-state index in [4.69, 9.17) is 9.47 Å². The summed E-state index contributed by atoms with van der Waals surface area (Å²) in [6.45, 7) is 9.14. The summed E-state index contributed by atoms with van der Waals surface area (Å²) in [6, 6.07) is 8.07. The molecule has 24 heavy (non-hydrogen) atoms. The molecule has 2 atom stereocenters. The van der Waals surface area contributed by atoms with Gasteiger partial charge in [0.1, 0.15) is 18.5 Å². The van der Waals surface area contributed by atoms with Crippen LogP contribution in [0.4, 0.5) is 0 Å². The second-order valence-electron chi connectivity index (χ2n) is 7.79. The van der Waals surface area contributed by atoms with Crippen LogP contribution in [0.1, 0.15) is 34.1 Å². The van der Waals surface area contributed by atoms with E-state index in [1.165, 1.54) is 0 Å². The van der Waals surface area contributed by atoms with Crippen LogP contribution in [-0.2, 0) is 4.74 Å². The van der Waals surface area contributed by atoms with Crippen molar-refractivity contribution in [1.82, 2.24) is 10.3 Å². The Morgan fingerprint density at radius 2 is 2.12 bits per heavy atom. The van der Waals surface area contributed by atoms with Crippen molar-refractivity contribution in [2.45, 2.75) is 57.5 Å². The summed E-state index contributed by atoms with van der Waals surface area (Å²) < 4.78 is 11.9. The molecule has 0 saturated carbocycles. The number of hydrogen-bond acceptors (Lipinski definition) is 4. The zero-order valence-electron chi connectivity index (χ0n) is 14.9. The molecule has 3 N–H and O–H groups in total. The van der Waals surface area contributed by atoms with Crippen molar-refractivity contribution in [3.63, 3.8) is 0 Å². The molecule has 0 spiro atoms. The van der Waals surface area contributed by atoms with Gasteiger partial charge < -0.3 is 24.9 Å². The van der Waals surface area contributed by atoms with Crippen molar-refractivity contribution in [2.24, 2.45) is 0 Å². The fraction of sp³-hybridized carbons (Fsp3) is 0.579. The molecule has 2 unspecified atom stereocenters. The predicted octanol–water partition coefficient (Wildman–Crippen LogP) is 2.84. The maximum atomic E-state index is 10.3. The highest BCUT2D eigenvalue weighted by Gasteiger charge is 2.45. The van der Waals surface area contributed by atoms with Gasteiger partial charge in [0.25, 0.3) is 0 Å². The maximum Gasteiger partial charge on any atom is 0.128 e. The maximum absolute atomic E-state index is 10.3. The lowest BCUT2D eigenvalue weighted by Crippen LogP contribution is -2.46. The molecular formula is C19H28N2O3. The minimum absolute atomic E-state index is 0.132. The second-order valence-corrected chi connectivity index (χ2v) is 7.79. The van der Waals surface area contributed by atoms with Crippen LogP contribution in [0.25, 0.3) is 10.9 Å². The zero-order chi connectivity index (χ0) is 17.4. The van der Waals surface area contributed by atoms with E-state index in [0.29, 0.717) is 6.54 Å². The van der Waals surface area contributed by atoms with Crippen LogP contribution in [0.2, 0.25) is 0 Å². The summed E-state index contributed by atoms with van der Waals surface area (Å²) in [5.41, 5.74) is 0.667. The molecule has 0 bridgehead atoms. The Morgan fingerprint density at radius 3 is 2.83 bits per heavy atom. The second kappa shape index (κ2) is 6.39. The molecule has 1 fully saturated rings. The van der Waals surface area contributed by atoms with Gasteiger partial charge in [-0.2, -0.15) is 0 Å². The molecular weight excluding hydrogens is 304 g/mol. The number of rotatable bonds is 6. The normalized spacial score (nSPS) is 23.5. The van der Waals surface area contributed by atoms with Gasteiger partial charge in [-0.25, -0.2) is 0 Å². The Balaban J connectivity index is 1.51. The molecule has 3 rings (SSSR count). The Kier molecular flexibility index (Phi) is 4.60. The van der Waals surface area contributed by atoms with Gasteiger partial charge in [-0.05, 0) is 52.3 Å². The number of aromatic amines is 1. The first-order valence-corrected chi connectivity index (χ1v) is 8.57. The van der Waals surface area contributed by atoms with Crippen molar-refractivity contribution >= 4 is 10.9 Å². The van der Waals surface area contributed by atoms with E-state index in [2.05, 4.69) is 38.0 Å². The summed E-state index contributed by atoms with van der Waals surface area (Å²) in [4.78, 5) is 3.16. The third-order valence-electron chi connectivity index (χ3n) is 4.66. The molecule has 1 aliphatic heterocycles. The molecule has 132 valence electrons. The van der Waals surface area contributed by atoms with E-state index >= 15 is 0 Å². The van der Waals surface area contributed by atoms with Crippen molar-refractivity contribution in [1.29, 1.82) is 0 Å². The average Bonchev–Trinajstić information content (AvgIpc) is 3.04. The van der Waals surface area contributed by atoms with Gasteiger partial charge in [-0.1, -0.05) is 6.07 Å². The number of aliphatic hydroxyl groups excluding tert-OH is 1. The van der Waals surface area contributed by atoms with E-state index in [1.807, 2.05) is 30.5 Å². The monoisotopic (exact) mass is 332 g/mol. The lowest BCUT2D eigenvalue weighted by Gasteiger charge is -2.28. The van der Waals surface area contributed by atoms with Crippen LogP contribution in [0.5, 0.6) is 5.75 Å². The molecule has 0 aliphatic carbocycles. The smallest absolute Gasteiger partial charge is 0.128 e. The van der Waals surface area contributed by atoms with E-state index in [1.54, 1.807) is 0 Å². The summed E-state index contributed by atoms with van der Waals surface area (Å²) in [6.07, 6.45) is 2.24. The first kappa shape index (κ1) is 17.3. The molecule has 1 aromatic carbocycles. The van der Waals surface area contributed by atoms with Gasteiger partial charge in [0.2, 0.25) is 0 Å². The number of fused-ring (bicyclic) bond motifs is 1. The van der Waals surface area contributed by atoms with Gasteiger partial charge in [0, 0.05) is 29.7 Å². The fourth-order valence-electron chi connectivity index (χ4n) is 3.59. The topological polar surface area (TPSA) is 66.5 Å². The summed E-state index contributed by atoms with van der Waals surface area (Å²) in [7, 11) is 0. The highest BCUT2D eigenvalue weighted by Crippen LogP contribution is 2.37. The van der Waals surface area contributed by atoms with Gasteiger partial charge in [0.15, 0.2) is 0 Å². The Labute approximate surface area is 143 Å². The van der Waals surface area contributed by atoms with Crippen LogP contribution in [0.15, 0.2) is 30.5 Å². The number of aromatic nitrogens is 1. The van der Waals surface area contributed by atoms with Crippen LogP contribution >= 0.6 is 0 Å². The lowest BCUT2D eigenvalue weighted by molar-refractivity contribution is -0.0703. The fourth-order valence-corrected chi connectivity index (χ4v) is 3.59. The summed E-state index contributed by atoms with van der Waals surface area (Å²) in [5, 5.41) is 14.7. The van der Waals surface area contributed by atoms with Crippen molar-refractivity contribution < 1.29 is 14.6 Å². The molecule has 2 heterocycles. The van der Waals surface area contributed by atoms with E-state index in [0.717, 1.165) is 23.1 Å². The highest BCUT2D eigenvalue weighted by atomic mass is 16.5. The molecule has 1 saturated heterocycles. The third kappa shape index (κ3) is 3.74. The minimum atomic E-state index is -0.571. The minimum Gasteiger partial charge on any atom is -0.490 e. The molecule has 0 amide bonds. The highest BCUT2D eigenvalue weighted by molar-refractivity contribution is 5.85. The largest absolute Gasteiger partial charge is 0.490 e. The molecule has 5 heteroatoms. The first-order chi connectivity index (χ1) is 11.3.